The molecule has 0 aliphatic carbocycles. The molecule has 1 heterocycles. The average Bonchev–Trinajstić information content (AvgIpc) is 2.84. The molecule has 178 valence electrons. The molecular weight excluding hydrogens is 519 g/mol. The van der Waals surface area contributed by atoms with E-state index in [-0.39, 0.29) is 34.7 Å². The first-order chi connectivity index (χ1) is 16.9. The van der Waals surface area contributed by atoms with Gasteiger partial charge in [-0.1, -0.05) is 47.1 Å². The van der Waals surface area contributed by atoms with Gasteiger partial charge in [-0.15, -0.1) is 0 Å². The summed E-state index contributed by atoms with van der Waals surface area (Å²) in [6, 6.07) is 15.6. The summed E-state index contributed by atoms with van der Waals surface area (Å²) in [5, 5.41) is 16.3. The van der Waals surface area contributed by atoms with E-state index in [1.54, 1.807) is 36.4 Å². The Hall–Kier alpha value is -3.92. The number of nitro benzene ring substituents is 1. The molecule has 4 rings (SSSR count). The summed E-state index contributed by atoms with van der Waals surface area (Å²) in [5.41, 5.74) is 0.401. The molecule has 8 nitrogen and oxygen atoms in total. The van der Waals surface area contributed by atoms with Crippen LogP contribution in [0.3, 0.4) is 0 Å². The normalized spacial score (nSPS) is 11.3. The number of rotatable bonds is 8. The third-order valence-electron chi connectivity index (χ3n) is 5.21. The van der Waals surface area contributed by atoms with Crippen molar-refractivity contribution in [3.8, 4) is 5.75 Å². The van der Waals surface area contributed by atoms with Gasteiger partial charge in [0.1, 0.15) is 18.2 Å². The molecule has 35 heavy (non-hydrogen) atoms. The molecule has 0 fully saturated rings. The van der Waals surface area contributed by atoms with Gasteiger partial charge in [-0.25, -0.2) is 9.37 Å². The number of hydrogen-bond donors (Lipinski definition) is 0. The van der Waals surface area contributed by atoms with Crippen LogP contribution in [0.2, 0.25) is 0 Å². The van der Waals surface area contributed by atoms with E-state index in [1.807, 2.05) is 6.92 Å². The van der Waals surface area contributed by atoms with Gasteiger partial charge < -0.3 is 4.74 Å². The van der Waals surface area contributed by atoms with Crippen LogP contribution in [0.15, 0.2) is 75.0 Å². The maximum Gasteiger partial charge on any atom is 0.311 e. The lowest BCUT2D eigenvalue weighted by Crippen LogP contribution is -2.22. The largest absolute Gasteiger partial charge is 0.481 e. The number of fused-ring (bicyclic) bond motifs is 1. The molecule has 0 N–H and O–H groups in total. The van der Waals surface area contributed by atoms with Gasteiger partial charge in [-0.05, 0) is 36.8 Å². The van der Waals surface area contributed by atoms with E-state index in [0.717, 1.165) is 10.9 Å². The maximum absolute atomic E-state index is 14.1. The van der Waals surface area contributed by atoms with Gasteiger partial charge in [0.05, 0.1) is 22.0 Å². The number of aryl methyl sites for hydroxylation is 1. The minimum atomic E-state index is -0.586. The molecule has 0 unspecified atom stereocenters. The van der Waals surface area contributed by atoms with E-state index in [9.17, 15) is 19.3 Å². The van der Waals surface area contributed by atoms with Crippen molar-refractivity contribution in [1.82, 2.24) is 9.66 Å². The number of nitro groups is 1. The van der Waals surface area contributed by atoms with E-state index >= 15 is 0 Å². The minimum absolute atomic E-state index is 0.0777. The number of benzene rings is 3. The van der Waals surface area contributed by atoms with Crippen LogP contribution in [0.5, 0.6) is 5.75 Å². The third kappa shape index (κ3) is 5.27. The van der Waals surface area contributed by atoms with Crippen molar-refractivity contribution in [3.05, 3.63) is 108 Å². The highest BCUT2D eigenvalue weighted by Gasteiger charge is 2.19. The Labute approximate surface area is 208 Å². The second kappa shape index (κ2) is 10.6. The highest BCUT2D eigenvalue weighted by molar-refractivity contribution is 9.10. The number of aromatic nitrogens is 2. The third-order valence-corrected chi connectivity index (χ3v) is 5.71. The molecule has 3 aromatic carbocycles. The SMILES string of the molecule is CCCc1nc2ccc(Br)cc2c(=O)n1N=Cc1cccc([N+](=O)[O-])c1OCc1ccccc1F. The van der Waals surface area contributed by atoms with Crippen molar-refractivity contribution in [2.24, 2.45) is 5.10 Å². The van der Waals surface area contributed by atoms with Crippen LogP contribution >= 0.6 is 15.9 Å². The Kier molecular flexibility index (Phi) is 7.31. The Morgan fingerprint density at radius 1 is 1.20 bits per heavy atom. The second-order valence-electron chi connectivity index (χ2n) is 7.63. The van der Waals surface area contributed by atoms with Crippen LogP contribution in [-0.4, -0.2) is 20.8 Å². The van der Waals surface area contributed by atoms with Gasteiger partial charge >= 0.3 is 5.69 Å². The van der Waals surface area contributed by atoms with Gasteiger partial charge in [0, 0.05) is 28.1 Å². The Morgan fingerprint density at radius 3 is 2.74 bits per heavy atom. The molecule has 0 aliphatic rings. The molecule has 0 amide bonds. The molecule has 0 atom stereocenters. The van der Waals surface area contributed by atoms with Crippen molar-refractivity contribution in [1.29, 1.82) is 0 Å². The summed E-state index contributed by atoms with van der Waals surface area (Å²) in [7, 11) is 0. The minimum Gasteiger partial charge on any atom is -0.481 e. The van der Waals surface area contributed by atoms with Crippen LogP contribution in [0.1, 0.15) is 30.3 Å². The molecule has 0 aliphatic heterocycles. The van der Waals surface area contributed by atoms with Crippen LogP contribution < -0.4 is 10.3 Å². The fourth-order valence-corrected chi connectivity index (χ4v) is 3.89. The number of halogens is 2. The van der Waals surface area contributed by atoms with Gasteiger partial charge in [0.25, 0.3) is 5.56 Å². The highest BCUT2D eigenvalue weighted by Crippen LogP contribution is 2.31. The Balaban J connectivity index is 1.78. The zero-order valence-corrected chi connectivity index (χ0v) is 20.2. The van der Waals surface area contributed by atoms with Gasteiger partial charge in [-0.3, -0.25) is 14.9 Å². The van der Waals surface area contributed by atoms with Gasteiger partial charge in [0.15, 0.2) is 0 Å². The number of ether oxygens (including phenoxy) is 1. The first kappa shape index (κ1) is 24.2. The van der Waals surface area contributed by atoms with E-state index in [2.05, 4.69) is 26.0 Å². The van der Waals surface area contributed by atoms with E-state index in [4.69, 9.17) is 4.74 Å². The monoisotopic (exact) mass is 538 g/mol. The first-order valence-electron chi connectivity index (χ1n) is 10.8. The van der Waals surface area contributed by atoms with Gasteiger partial charge in [-0.2, -0.15) is 9.78 Å². The van der Waals surface area contributed by atoms with Crippen LogP contribution in [-0.2, 0) is 13.0 Å². The topological polar surface area (TPSA) is 99.6 Å². The fraction of sp³-hybridized carbons (Fsp3) is 0.160. The lowest BCUT2D eigenvalue weighted by Gasteiger charge is -2.11. The molecule has 0 bridgehead atoms. The van der Waals surface area contributed by atoms with Crippen LogP contribution in [0.4, 0.5) is 10.1 Å². The van der Waals surface area contributed by atoms with Crippen LogP contribution in [0, 0.1) is 15.9 Å². The Morgan fingerprint density at radius 2 is 2.00 bits per heavy atom. The molecule has 10 heteroatoms. The van der Waals surface area contributed by atoms with Crippen molar-refractivity contribution in [2.75, 3.05) is 0 Å². The van der Waals surface area contributed by atoms with Crippen LogP contribution in [0.25, 0.3) is 10.9 Å². The summed E-state index contributed by atoms with van der Waals surface area (Å²) in [6.45, 7) is 1.74. The molecule has 0 spiro atoms. The number of hydrogen-bond acceptors (Lipinski definition) is 6. The standard InChI is InChI=1S/C25H20BrFN4O4/c1-2-6-23-29-21-12-11-18(26)13-19(21)25(32)30(23)28-14-16-8-5-10-22(31(33)34)24(16)35-15-17-7-3-4-9-20(17)27/h3-5,7-14H,2,6,15H2,1H3. The molecule has 0 radical (unpaired) electrons. The number of nitrogens with zero attached hydrogens (tertiary/aromatic N) is 4. The maximum atomic E-state index is 14.1. The first-order valence-corrected chi connectivity index (χ1v) is 11.6. The predicted molar refractivity (Wildman–Crippen MR) is 135 cm³/mol. The molecule has 0 saturated carbocycles. The van der Waals surface area contributed by atoms with Crippen molar-refractivity contribution < 1.29 is 14.1 Å². The lowest BCUT2D eigenvalue weighted by atomic mass is 10.2. The van der Waals surface area contributed by atoms with Crippen molar-refractivity contribution >= 4 is 38.7 Å². The second-order valence-corrected chi connectivity index (χ2v) is 8.55. The van der Waals surface area contributed by atoms with E-state index in [0.29, 0.717) is 23.1 Å². The van der Waals surface area contributed by atoms with Crippen molar-refractivity contribution in [2.45, 2.75) is 26.4 Å². The predicted octanol–water partition coefficient (Wildman–Crippen LogP) is 5.62. The molecule has 0 saturated heterocycles. The average molecular weight is 539 g/mol. The zero-order chi connectivity index (χ0) is 24.9. The van der Waals surface area contributed by atoms with E-state index < -0.39 is 10.7 Å². The molecule has 4 aromatic rings. The molecular formula is C25H20BrFN4O4. The summed E-state index contributed by atoms with van der Waals surface area (Å²) in [6.07, 6.45) is 2.55. The van der Waals surface area contributed by atoms with E-state index in [1.165, 1.54) is 35.2 Å². The quantitative estimate of drug-likeness (QED) is 0.164. The summed E-state index contributed by atoms with van der Waals surface area (Å²) >= 11 is 3.37. The fourth-order valence-electron chi connectivity index (χ4n) is 3.53. The van der Waals surface area contributed by atoms with Gasteiger partial charge in [0.2, 0.25) is 5.75 Å². The summed E-state index contributed by atoms with van der Waals surface area (Å²) in [5.74, 6) is -0.0978. The summed E-state index contributed by atoms with van der Waals surface area (Å²) < 4.78 is 21.7. The Bertz CT molecular complexity index is 1500. The zero-order valence-electron chi connectivity index (χ0n) is 18.6. The summed E-state index contributed by atoms with van der Waals surface area (Å²) in [4.78, 5) is 28.8. The highest BCUT2D eigenvalue weighted by atomic mass is 79.9. The number of para-hydroxylation sites is 1. The van der Waals surface area contributed by atoms with Crippen molar-refractivity contribution in [3.63, 3.8) is 0 Å². The molecule has 1 aromatic heterocycles. The lowest BCUT2D eigenvalue weighted by molar-refractivity contribution is -0.386. The smallest absolute Gasteiger partial charge is 0.311 e.